The van der Waals surface area contributed by atoms with E-state index in [2.05, 4.69) is 30.4 Å². The molecule has 33 heavy (non-hydrogen) atoms. The van der Waals surface area contributed by atoms with Crippen molar-refractivity contribution < 1.29 is 18.3 Å². The molecule has 0 aliphatic carbocycles. The van der Waals surface area contributed by atoms with Crippen LogP contribution >= 0.6 is 24.0 Å². The maximum Gasteiger partial charge on any atom is 0.387 e. The first-order valence-corrected chi connectivity index (χ1v) is 10.2. The molecule has 0 spiro atoms. The van der Waals surface area contributed by atoms with E-state index in [1.165, 1.54) is 12.4 Å². The Morgan fingerprint density at radius 2 is 1.88 bits per heavy atom. The lowest BCUT2D eigenvalue weighted by Crippen LogP contribution is -2.36. The van der Waals surface area contributed by atoms with E-state index in [-0.39, 0.29) is 36.3 Å². The Balaban J connectivity index is 0.00000385. The number of aliphatic imine (C=N–C) groups is 1. The van der Waals surface area contributed by atoms with E-state index >= 15 is 0 Å². The minimum atomic E-state index is -2.92. The van der Waals surface area contributed by atoms with Crippen LogP contribution in [0.25, 0.3) is 5.69 Å². The van der Waals surface area contributed by atoms with Crippen LogP contribution in [0.1, 0.15) is 24.5 Å². The van der Waals surface area contributed by atoms with Gasteiger partial charge in [0.15, 0.2) is 5.96 Å². The summed E-state index contributed by atoms with van der Waals surface area (Å²) in [6.07, 6.45) is 3.93. The van der Waals surface area contributed by atoms with Crippen LogP contribution in [-0.4, -0.2) is 41.0 Å². The van der Waals surface area contributed by atoms with Gasteiger partial charge in [-0.05, 0) is 36.2 Å². The molecule has 2 aromatic carbocycles. The number of aromatic nitrogens is 3. The van der Waals surface area contributed by atoms with Gasteiger partial charge in [0.1, 0.15) is 24.2 Å². The Morgan fingerprint density at radius 1 is 1.12 bits per heavy atom. The number of ether oxygens (including phenoxy) is 2. The summed E-state index contributed by atoms with van der Waals surface area (Å²) in [4.78, 5) is 8.12. The van der Waals surface area contributed by atoms with Gasteiger partial charge in [-0.2, -0.15) is 13.9 Å². The monoisotopic (exact) mass is 572 g/mol. The normalized spacial score (nSPS) is 11.1. The summed E-state index contributed by atoms with van der Waals surface area (Å²) in [5.41, 5.74) is 2.51. The molecule has 0 saturated carbocycles. The molecule has 0 radical (unpaired) electrons. The summed E-state index contributed by atoms with van der Waals surface area (Å²) in [5, 5.41) is 10.4. The number of hydrogen-bond donors (Lipinski definition) is 2. The van der Waals surface area contributed by atoms with Crippen molar-refractivity contribution in [3.8, 4) is 17.2 Å². The van der Waals surface area contributed by atoms with Crippen molar-refractivity contribution in [2.75, 3.05) is 13.7 Å². The molecular formula is C22H27F2IN6O2. The van der Waals surface area contributed by atoms with Crippen molar-refractivity contribution in [1.82, 2.24) is 25.4 Å². The minimum absolute atomic E-state index is 0. The highest BCUT2D eigenvalue weighted by Gasteiger charge is 2.12. The lowest BCUT2D eigenvalue weighted by atomic mass is 10.2. The van der Waals surface area contributed by atoms with Gasteiger partial charge in [-0.3, -0.25) is 4.99 Å². The number of benzene rings is 2. The summed E-state index contributed by atoms with van der Waals surface area (Å²) >= 11 is 0. The second-order valence-corrected chi connectivity index (χ2v) is 6.78. The fourth-order valence-electron chi connectivity index (χ4n) is 2.89. The highest BCUT2D eigenvalue weighted by molar-refractivity contribution is 14.0. The lowest BCUT2D eigenvalue weighted by molar-refractivity contribution is -0.0505. The SMILES string of the molecule is CCCOc1ccc(CNC(=NC)NCc2ccc(-n3cncn3)cc2)c(OC(F)F)c1.I. The predicted molar refractivity (Wildman–Crippen MR) is 133 cm³/mol. The van der Waals surface area contributed by atoms with Crippen LogP contribution in [0, 0.1) is 0 Å². The smallest absolute Gasteiger partial charge is 0.387 e. The third-order valence-corrected chi connectivity index (χ3v) is 4.48. The van der Waals surface area contributed by atoms with Gasteiger partial charge < -0.3 is 20.1 Å². The van der Waals surface area contributed by atoms with E-state index in [0.29, 0.717) is 30.4 Å². The number of nitrogens with one attached hydrogen (secondary N) is 2. The Bertz CT molecular complexity index is 1000. The highest BCUT2D eigenvalue weighted by Crippen LogP contribution is 2.26. The van der Waals surface area contributed by atoms with E-state index in [1.54, 1.807) is 30.2 Å². The molecular weight excluding hydrogens is 545 g/mol. The van der Waals surface area contributed by atoms with Crippen LogP contribution in [0.15, 0.2) is 60.1 Å². The van der Waals surface area contributed by atoms with E-state index in [0.717, 1.165) is 17.7 Å². The fourth-order valence-corrected chi connectivity index (χ4v) is 2.89. The number of halogens is 3. The van der Waals surface area contributed by atoms with Gasteiger partial charge in [-0.15, -0.1) is 24.0 Å². The zero-order valence-electron chi connectivity index (χ0n) is 18.4. The number of hydrogen-bond acceptors (Lipinski definition) is 5. The maximum absolute atomic E-state index is 12.8. The Morgan fingerprint density at radius 3 is 2.52 bits per heavy atom. The molecule has 0 bridgehead atoms. The predicted octanol–water partition coefficient (Wildman–Crippen LogP) is 4.14. The maximum atomic E-state index is 12.8. The largest absolute Gasteiger partial charge is 0.493 e. The topological polar surface area (TPSA) is 85.6 Å². The molecule has 1 aromatic heterocycles. The highest BCUT2D eigenvalue weighted by atomic mass is 127. The molecule has 0 fully saturated rings. The Kier molecular flexibility index (Phi) is 10.8. The molecule has 8 nitrogen and oxygen atoms in total. The van der Waals surface area contributed by atoms with Gasteiger partial charge in [0, 0.05) is 31.8 Å². The molecule has 0 unspecified atom stereocenters. The summed E-state index contributed by atoms with van der Waals surface area (Å²) in [6.45, 7) is 0.330. The second kappa shape index (κ2) is 13.6. The minimum Gasteiger partial charge on any atom is -0.493 e. The molecule has 3 aromatic rings. The molecule has 1 heterocycles. The average Bonchev–Trinajstić information content (AvgIpc) is 3.34. The number of rotatable bonds is 10. The standard InChI is InChI=1S/C22H26F2N6O2.HI/c1-3-10-31-19-9-6-17(20(11-19)32-21(23)24)13-28-22(25-2)27-12-16-4-7-18(8-5-16)30-15-26-14-29-30;/h4-9,11,14-15,21H,3,10,12-13H2,1-2H3,(H2,25,27,28);1H. The van der Waals surface area contributed by atoms with E-state index in [4.69, 9.17) is 4.74 Å². The van der Waals surface area contributed by atoms with Gasteiger partial charge in [0.25, 0.3) is 0 Å². The summed E-state index contributed by atoms with van der Waals surface area (Å²) in [5.74, 6) is 1.09. The van der Waals surface area contributed by atoms with Crippen LogP contribution in [-0.2, 0) is 13.1 Å². The number of nitrogens with zero attached hydrogens (tertiary/aromatic N) is 4. The second-order valence-electron chi connectivity index (χ2n) is 6.78. The fraction of sp³-hybridized carbons (Fsp3) is 0.318. The van der Waals surface area contributed by atoms with Gasteiger partial charge in [0.2, 0.25) is 0 Å². The van der Waals surface area contributed by atoms with Crippen molar-refractivity contribution in [2.24, 2.45) is 4.99 Å². The van der Waals surface area contributed by atoms with Crippen LogP contribution in [0.4, 0.5) is 8.78 Å². The van der Waals surface area contributed by atoms with E-state index < -0.39 is 6.61 Å². The van der Waals surface area contributed by atoms with Crippen molar-refractivity contribution >= 4 is 29.9 Å². The molecule has 3 rings (SSSR count). The van der Waals surface area contributed by atoms with Gasteiger partial charge >= 0.3 is 6.61 Å². The lowest BCUT2D eigenvalue weighted by Gasteiger charge is -2.16. The molecule has 2 N–H and O–H groups in total. The Hall–Kier alpha value is -2.96. The van der Waals surface area contributed by atoms with Crippen molar-refractivity contribution in [3.63, 3.8) is 0 Å². The van der Waals surface area contributed by atoms with Crippen LogP contribution in [0.5, 0.6) is 11.5 Å². The summed E-state index contributed by atoms with van der Waals surface area (Å²) in [7, 11) is 1.64. The van der Waals surface area contributed by atoms with Gasteiger partial charge in [-0.25, -0.2) is 9.67 Å². The number of alkyl halides is 2. The first-order valence-electron chi connectivity index (χ1n) is 10.2. The summed E-state index contributed by atoms with van der Waals surface area (Å²) in [6, 6.07) is 12.7. The number of guanidine groups is 1. The van der Waals surface area contributed by atoms with Crippen molar-refractivity contribution in [2.45, 2.75) is 33.0 Å². The summed E-state index contributed by atoms with van der Waals surface area (Å²) < 4.78 is 37.6. The van der Waals surface area contributed by atoms with Crippen molar-refractivity contribution in [1.29, 1.82) is 0 Å². The van der Waals surface area contributed by atoms with Crippen LogP contribution in [0.2, 0.25) is 0 Å². The first kappa shape index (κ1) is 26.3. The van der Waals surface area contributed by atoms with Crippen molar-refractivity contribution in [3.05, 3.63) is 66.2 Å². The Labute approximate surface area is 208 Å². The molecule has 11 heteroatoms. The molecule has 0 saturated heterocycles. The molecule has 0 aliphatic rings. The third kappa shape index (κ3) is 8.15. The average molecular weight is 572 g/mol. The zero-order chi connectivity index (χ0) is 22.8. The molecule has 0 aliphatic heterocycles. The van der Waals surface area contributed by atoms with E-state index in [1.807, 2.05) is 31.2 Å². The van der Waals surface area contributed by atoms with Crippen LogP contribution in [0.3, 0.4) is 0 Å². The zero-order valence-corrected chi connectivity index (χ0v) is 20.7. The quantitative estimate of drug-likeness (QED) is 0.216. The molecule has 0 atom stereocenters. The first-order chi connectivity index (χ1) is 15.6. The van der Waals surface area contributed by atoms with Gasteiger partial charge in [-0.1, -0.05) is 19.1 Å². The molecule has 178 valence electrons. The van der Waals surface area contributed by atoms with E-state index in [9.17, 15) is 8.78 Å². The molecule has 0 amide bonds. The van der Waals surface area contributed by atoms with Gasteiger partial charge in [0.05, 0.1) is 12.3 Å². The van der Waals surface area contributed by atoms with Crippen LogP contribution < -0.4 is 20.1 Å². The third-order valence-electron chi connectivity index (χ3n) is 4.48.